The van der Waals surface area contributed by atoms with E-state index in [0.717, 1.165) is 24.4 Å². The Labute approximate surface area is 90.6 Å². The summed E-state index contributed by atoms with van der Waals surface area (Å²) in [5.41, 5.74) is 0.786. The fourth-order valence-electron chi connectivity index (χ4n) is 2.33. The minimum Gasteiger partial charge on any atom is -0.387 e. The average molecular weight is 206 g/mol. The van der Waals surface area contributed by atoms with Crippen LogP contribution < -0.4 is 0 Å². The van der Waals surface area contributed by atoms with Gasteiger partial charge in [-0.15, -0.1) is 0 Å². The van der Waals surface area contributed by atoms with Crippen LogP contribution in [0.4, 0.5) is 0 Å². The van der Waals surface area contributed by atoms with Crippen molar-refractivity contribution in [1.29, 1.82) is 0 Å². The average Bonchev–Trinajstić information content (AvgIpc) is 2.29. The molecule has 1 atom stereocenters. The Kier molecular flexibility index (Phi) is 3.31. The molecule has 1 aromatic rings. The highest BCUT2D eigenvalue weighted by Gasteiger charge is 2.23. The highest BCUT2D eigenvalue weighted by Crippen LogP contribution is 2.33. The molecule has 1 aliphatic rings. The molecule has 0 amide bonds. The van der Waals surface area contributed by atoms with E-state index in [1.807, 2.05) is 13.0 Å². The fourth-order valence-corrected chi connectivity index (χ4v) is 2.33. The molecule has 15 heavy (non-hydrogen) atoms. The van der Waals surface area contributed by atoms with Crippen molar-refractivity contribution in [2.24, 2.45) is 5.92 Å². The maximum Gasteiger partial charge on any atom is 0.125 e. The first-order chi connectivity index (χ1) is 7.27. The molecule has 1 unspecified atom stereocenters. The maximum absolute atomic E-state index is 10.2. The quantitative estimate of drug-likeness (QED) is 0.808. The van der Waals surface area contributed by atoms with Crippen LogP contribution >= 0.6 is 0 Å². The van der Waals surface area contributed by atoms with E-state index in [9.17, 15) is 5.11 Å². The lowest BCUT2D eigenvalue weighted by atomic mass is 9.84. The molecule has 0 spiro atoms. The van der Waals surface area contributed by atoms with Gasteiger partial charge in [0.25, 0.3) is 0 Å². The van der Waals surface area contributed by atoms with Gasteiger partial charge in [-0.2, -0.15) is 0 Å². The zero-order chi connectivity index (χ0) is 10.7. The first-order valence-electron chi connectivity index (χ1n) is 5.75. The van der Waals surface area contributed by atoms with Gasteiger partial charge in [-0.1, -0.05) is 19.3 Å². The Morgan fingerprint density at radius 3 is 2.73 bits per heavy atom. The largest absolute Gasteiger partial charge is 0.387 e. The zero-order valence-electron chi connectivity index (χ0n) is 9.19. The normalized spacial score (nSPS) is 20.1. The minimum atomic E-state index is -0.396. The summed E-state index contributed by atoms with van der Waals surface area (Å²) in [6.07, 6.45) is 7.38. The monoisotopic (exact) mass is 206 g/mol. The summed E-state index contributed by atoms with van der Waals surface area (Å²) in [7, 11) is 0. The number of nitrogens with zero attached hydrogens (tertiary/aromatic N) is 2. The van der Waals surface area contributed by atoms with Gasteiger partial charge in [0.15, 0.2) is 0 Å². The molecule has 1 saturated carbocycles. The molecule has 2 rings (SSSR count). The first kappa shape index (κ1) is 10.6. The molecule has 1 N–H and O–H groups in total. The molecule has 1 aliphatic carbocycles. The van der Waals surface area contributed by atoms with Crippen LogP contribution in [-0.2, 0) is 0 Å². The van der Waals surface area contributed by atoms with Gasteiger partial charge in [0, 0.05) is 6.20 Å². The van der Waals surface area contributed by atoms with Crippen LogP contribution in [0, 0.1) is 12.8 Å². The molecule has 0 radical (unpaired) electrons. The smallest absolute Gasteiger partial charge is 0.125 e. The van der Waals surface area contributed by atoms with Gasteiger partial charge >= 0.3 is 0 Å². The molecule has 0 saturated heterocycles. The van der Waals surface area contributed by atoms with Crippen LogP contribution in [0.3, 0.4) is 0 Å². The van der Waals surface area contributed by atoms with E-state index in [4.69, 9.17) is 0 Å². The second kappa shape index (κ2) is 4.71. The van der Waals surface area contributed by atoms with E-state index in [-0.39, 0.29) is 0 Å². The highest BCUT2D eigenvalue weighted by molar-refractivity contribution is 5.06. The van der Waals surface area contributed by atoms with Gasteiger partial charge < -0.3 is 5.11 Å². The number of rotatable bonds is 2. The maximum atomic E-state index is 10.2. The lowest BCUT2D eigenvalue weighted by Crippen LogP contribution is -2.17. The Morgan fingerprint density at radius 2 is 2.07 bits per heavy atom. The zero-order valence-corrected chi connectivity index (χ0v) is 9.19. The van der Waals surface area contributed by atoms with E-state index < -0.39 is 6.10 Å². The van der Waals surface area contributed by atoms with E-state index in [0.29, 0.717) is 5.92 Å². The van der Waals surface area contributed by atoms with Crippen LogP contribution in [0.5, 0.6) is 0 Å². The van der Waals surface area contributed by atoms with E-state index in [1.54, 1.807) is 6.20 Å². The van der Waals surface area contributed by atoms with Crippen molar-refractivity contribution in [2.75, 3.05) is 0 Å². The number of hydrogen-bond acceptors (Lipinski definition) is 3. The summed E-state index contributed by atoms with van der Waals surface area (Å²) in [6.45, 7) is 1.86. The van der Waals surface area contributed by atoms with Gasteiger partial charge in [-0.3, -0.25) is 0 Å². The third-order valence-electron chi connectivity index (χ3n) is 3.20. The van der Waals surface area contributed by atoms with Gasteiger partial charge in [0.05, 0.1) is 11.8 Å². The highest BCUT2D eigenvalue weighted by atomic mass is 16.3. The van der Waals surface area contributed by atoms with Crippen LogP contribution in [0.2, 0.25) is 0 Å². The molecule has 0 aromatic carbocycles. The van der Waals surface area contributed by atoms with Gasteiger partial charge in [-0.05, 0) is 31.7 Å². The van der Waals surface area contributed by atoms with Gasteiger partial charge in [0.1, 0.15) is 5.82 Å². The second-order valence-corrected chi connectivity index (χ2v) is 4.37. The molecule has 1 heterocycles. The van der Waals surface area contributed by atoms with Crippen LogP contribution in [0.1, 0.15) is 49.7 Å². The van der Waals surface area contributed by atoms with Gasteiger partial charge in [-0.25, -0.2) is 9.97 Å². The summed E-state index contributed by atoms with van der Waals surface area (Å²) in [4.78, 5) is 8.33. The summed E-state index contributed by atoms with van der Waals surface area (Å²) in [6, 6.07) is 1.83. The molecular weight excluding hydrogens is 188 g/mol. The number of aliphatic hydroxyl groups is 1. The first-order valence-corrected chi connectivity index (χ1v) is 5.75. The fraction of sp³-hybridized carbons (Fsp3) is 0.667. The molecule has 1 fully saturated rings. The SMILES string of the molecule is Cc1nccc(C(O)C2CCCCC2)n1. The molecule has 3 heteroatoms. The molecule has 0 aliphatic heterocycles. The van der Waals surface area contributed by atoms with Crippen molar-refractivity contribution in [3.8, 4) is 0 Å². The van der Waals surface area contributed by atoms with E-state index in [2.05, 4.69) is 9.97 Å². The summed E-state index contributed by atoms with van der Waals surface area (Å²) in [5.74, 6) is 1.13. The molecule has 3 nitrogen and oxygen atoms in total. The Balaban J connectivity index is 2.08. The summed E-state index contributed by atoms with van der Waals surface area (Å²) < 4.78 is 0. The Hall–Kier alpha value is -0.960. The van der Waals surface area contributed by atoms with Crippen molar-refractivity contribution in [3.05, 3.63) is 23.8 Å². The van der Waals surface area contributed by atoms with Crippen molar-refractivity contribution in [3.63, 3.8) is 0 Å². The van der Waals surface area contributed by atoms with Crippen LogP contribution in [0.25, 0.3) is 0 Å². The Morgan fingerprint density at radius 1 is 1.33 bits per heavy atom. The van der Waals surface area contributed by atoms with Crippen molar-refractivity contribution in [1.82, 2.24) is 9.97 Å². The number of aliphatic hydroxyl groups excluding tert-OH is 1. The summed E-state index contributed by atoms with van der Waals surface area (Å²) in [5, 5.41) is 10.2. The van der Waals surface area contributed by atoms with Crippen LogP contribution in [0.15, 0.2) is 12.3 Å². The third kappa shape index (κ3) is 2.53. The number of hydrogen-bond donors (Lipinski definition) is 1. The molecule has 82 valence electrons. The number of aryl methyl sites for hydroxylation is 1. The topological polar surface area (TPSA) is 46.0 Å². The number of aromatic nitrogens is 2. The predicted octanol–water partition coefficient (Wildman–Crippen LogP) is 2.40. The molecule has 1 aromatic heterocycles. The van der Waals surface area contributed by atoms with E-state index in [1.165, 1.54) is 19.3 Å². The van der Waals surface area contributed by atoms with Crippen LogP contribution in [-0.4, -0.2) is 15.1 Å². The van der Waals surface area contributed by atoms with Crippen molar-refractivity contribution < 1.29 is 5.11 Å². The van der Waals surface area contributed by atoms with Crippen molar-refractivity contribution >= 4 is 0 Å². The summed E-state index contributed by atoms with van der Waals surface area (Å²) >= 11 is 0. The van der Waals surface area contributed by atoms with Gasteiger partial charge in [0.2, 0.25) is 0 Å². The lowest BCUT2D eigenvalue weighted by Gasteiger charge is -2.26. The standard InChI is InChI=1S/C12H18N2O/c1-9-13-8-7-11(14-9)12(15)10-5-3-2-4-6-10/h7-8,10,12,15H,2-6H2,1H3. The molecule has 0 bridgehead atoms. The van der Waals surface area contributed by atoms with E-state index >= 15 is 0 Å². The van der Waals surface area contributed by atoms with Crippen molar-refractivity contribution in [2.45, 2.75) is 45.1 Å². The predicted molar refractivity (Wildman–Crippen MR) is 58.3 cm³/mol. The second-order valence-electron chi connectivity index (χ2n) is 4.37. The third-order valence-corrected chi connectivity index (χ3v) is 3.20. The Bertz CT molecular complexity index is 321. The molecular formula is C12H18N2O. The lowest BCUT2D eigenvalue weighted by molar-refractivity contribution is 0.0809. The minimum absolute atomic E-state index is 0.396.